The van der Waals surface area contributed by atoms with Gasteiger partial charge in [-0.05, 0) is 41.5 Å². The third kappa shape index (κ3) is 5.04. The summed E-state index contributed by atoms with van der Waals surface area (Å²) in [6, 6.07) is 11.6. The second kappa shape index (κ2) is 6.84. The zero-order chi connectivity index (χ0) is 15.5. The normalized spacial score (nSPS) is 12.0. The number of rotatable bonds is 4. The molecule has 0 saturated carbocycles. The van der Waals surface area contributed by atoms with Gasteiger partial charge in [0.15, 0.2) is 9.84 Å². The van der Waals surface area contributed by atoms with Crippen molar-refractivity contribution < 1.29 is 8.42 Å². The predicted molar refractivity (Wildman–Crippen MR) is 89.6 cm³/mol. The van der Waals surface area contributed by atoms with Crippen LogP contribution in [0.5, 0.6) is 0 Å². The molecule has 2 rings (SSSR count). The third-order valence-electron chi connectivity index (χ3n) is 2.71. The first-order valence-electron chi connectivity index (χ1n) is 5.96. The molecule has 0 unspecified atom stereocenters. The van der Waals surface area contributed by atoms with Crippen LogP contribution in [0, 0.1) is 0 Å². The van der Waals surface area contributed by atoms with Gasteiger partial charge in [0.25, 0.3) is 0 Å². The van der Waals surface area contributed by atoms with Crippen LogP contribution in [0.2, 0.25) is 15.1 Å². The number of sulfone groups is 1. The summed E-state index contributed by atoms with van der Waals surface area (Å²) in [4.78, 5) is 0. The molecule has 0 spiro atoms. The van der Waals surface area contributed by atoms with Crippen LogP contribution in [0.1, 0.15) is 11.1 Å². The predicted octanol–water partition coefficient (Wildman–Crippen LogP) is 5.23. The van der Waals surface area contributed by atoms with E-state index in [2.05, 4.69) is 0 Å². The van der Waals surface area contributed by atoms with Crippen LogP contribution in [-0.2, 0) is 15.6 Å². The molecular weight excluding hydrogens is 351 g/mol. The summed E-state index contributed by atoms with van der Waals surface area (Å²) in [5.41, 5.74) is 1.27. The maximum atomic E-state index is 12.1. The Kier molecular flexibility index (Phi) is 5.33. The second-order valence-corrected chi connectivity index (χ2v) is 7.56. The highest BCUT2D eigenvalue weighted by atomic mass is 35.5. The van der Waals surface area contributed by atoms with Gasteiger partial charge in [-0.3, -0.25) is 0 Å². The molecule has 2 aromatic carbocycles. The Morgan fingerprint density at radius 2 is 1.52 bits per heavy atom. The van der Waals surface area contributed by atoms with E-state index in [9.17, 15) is 8.42 Å². The van der Waals surface area contributed by atoms with Crippen molar-refractivity contribution in [2.24, 2.45) is 0 Å². The molecule has 0 aliphatic carbocycles. The molecule has 0 bridgehead atoms. The summed E-state index contributed by atoms with van der Waals surface area (Å²) in [5.74, 6) is -0.174. The highest BCUT2D eigenvalue weighted by Gasteiger charge is 2.11. The maximum absolute atomic E-state index is 12.1. The molecule has 0 amide bonds. The molecule has 0 fully saturated rings. The van der Waals surface area contributed by atoms with E-state index < -0.39 is 9.84 Å². The van der Waals surface area contributed by atoms with E-state index in [1.54, 1.807) is 36.4 Å². The molecule has 0 heterocycles. The largest absolute Gasteiger partial charge is 0.224 e. The van der Waals surface area contributed by atoms with Crippen LogP contribution in [0.4, 0.5) is 0 Å². The average Bonchev–Trinajstić information content (AvgIpc) is 2.41. The van der Waals surface area contributed by atoms with Crippen LogP contribution < -0.4 is 0 Å². The van der Waals surface area contributed by atoms with E-state index >= 15 is 0 Å². The van der Waals surface area contributed by atoms with Crippen molar-refractivity contribution in [3.8, 4) is 0 Å². The van der Waals surface area contributed by atoms with Crippen LogP contribution >= 0.6 is 34.8 Å². The van der Waals surface area contributed by atoms with Gasteiger partial charge in [0.05, 0.1) is 5.75 Å². The second-order valence-electron chi connectivity index (χ2n) is 4.40. The van der Waals surface area contributed by atoms with E-state index in [-0.39, 0.29) is 5.75 Å². The molecule has 6 heteroatoms. The molecule has 2 aromatic rings. The summed E-state index contributed by atoms with van der Waals surface area (Å²) in [5, 5.41) is 2.58. The highest BCUT2D eigenvalue weighted by molar-refractivity contribution is 7.93. The maximum Gasteiger partial charge on any atom is 0.175 e. The SMILES string of the molecule is O=S(=O)(C=Cc1ccc(Cl)cc1)Cc1ccc(Cl)cc1Cl. The first-order chi connectivity index (χ1) is 9.85. The lowest BCUT2D eigenvalue weighted by Crippen LogP contribution is -2.00. The Balaban J connectivity index is 2.16. The summed E-state index contributed by atoms with van der Waals surface area (Å²) in [6.45, 7) is 0. The number of hydrogen-bond acceptors (Lipinski definition) is 2. The first-order valence-corrected chi connectivity index (χ1v) is 8.81. The van der Waals surface area contributed by atoms with Crippen molar-refractivity contribution in [3.05, 3.63) is 74.1 Å². The summed E-state index contributed by atoms with van der Waals surface area (Å²) < 4.78 is 24.1. The third-order valence-corrected chi connectivity index (χ3v) is 4.81. The smallest absolute Gasteiger partial charge is 0.175 e. The molecule has 0 atom stereocenters. The van der Waals surface area contributed by atoms with Crippen molar-refractivity contribution in [1.82, 2.24) is 0 Å². The van der Waals surface area contributed by atoms with Gasteiger partial charge in [0, 0.05) is 20.5 Å². The zero-order valence-electron chi connectivity index (χ0n) is 10.8. The molecular formula is C15H11Cl3O2S. The molecule has 0 N–H and O–H groups in total. The van der Waals surface area contributed by atoms with Crippen LogP contribution in [0.25, 0.3) is 6.08 Å². The van der Waals surface area contributed by atoms with Crippen LogP contribution in [-0.4, -0.2) is 8.42 Å². The molecule has 2 nitrogen and oxygen atoms in total. The zero-order valence-corrected chi connectivity index (χ0v) is 13.8. The summed E-state index contributed by atoms with van der Waals surface area (Å²) in [7, 11) is -3.42. The van der Waals surface area contributed by atoms with Crippen molar-refractivity contribution in [3.63, 3.8) is 0 Å². The van der Waals surface area contributed by atoms with Crippen LogP contribution in [0.3, 0.4) is 0 Å². The molecule has 110 valence electrons. The quantitative estimate of drug-likeness (QED) is 0.747. The fourth-order valence-corrected chi connectivity index (χ4v) is 3.49. The standard InChI is InChI=1S/C15H11Cl3O2S/c16-13-4-1-11(2-5-13)7-8-21(19,20)10-12-3-6-14(17)9-15(12)18/h1-9H,10H2. The topological polar surface area (TPSA) is 34.1 Å². The highest BCUT2D eigenvalue weighted by Crippen LogP contribution is 2.23. The van der Waals surface area contributed by atoms with Gasteiger partial charge in [-0.2, -0.15) is 0 Å². The van der Waals surface area contributed by atoms with E-state index in [1.807, 2.05) is 0 Å². The summed E-state index contributed by atoms with van der Waals surface area (Å²) >= 11 is 17.5. The van der Waals surface area contributed by atoms with E-state index in [1.165, 1.54) is 17.6 Å². The van der Waals surface area contributed by atoms with Gasteiger partial charge in [-0.25, -0.2) is 8.42 Å². The molecule has 0 aromatic heterocycles. The number of benzene rings is 2. The van der Waals surface area contributed by atoms with Gasteiger partial charge in [0.2, 0.25) is 0 Å². The fourth-order valence-electron chi connectivity index (χ4n) is 1.66. The van der Waals surface area contributed by atoms with E-state index in [0.717, 1.165) is 5.56 Å². The molecule has 0 saturated heterocycles. The minimum absolute atomic E-state index is 0.174. The average molecular weight is 362 g/mol. The molecule has 0 radical (unpaired) electrons. The number of hydrogen-bond donors (Lipinski definition) is 0. The molecule has 0 aliphatic heterocycles. The van der Waals surface area contributed by atoms with Gasteiger partial charge in [-0.15, -0.1) is 0 Å². The van der Waals surface area contributed by atoms with E-state index in [0.29, 0.717) is 20.6 Å². The Morgan fingerprint density at radius 3 is 2.14 bits per heavy atom. The lowest BCUT2D eigenvalue weighted by atomic mass is 10.2. The van der Waals surface area contributed by atoms with E-state index in [4.69, 9.17) is 34.8 Å². The monoisotopic (exact) mass is 360 g/mol. The minimum Gasteiger partial charge on any atom is -0.224 e. The Labute approximate surface area is 138 Å². The van der Waals surface area contributed by atoms with Gasteiger partial charge in [-0.1, -0.05) is 53.0 Å². The summed E-state index contributed by atoms with van der Waals surface area (Å²) in [6.07, 6.45) is 1.52. The fraction of sp³-hybridized carbons (Fsp3) is 0.0667. The van der Waals surface area contributed by atoms with Crippen molar-refractivity contribution in [2.75, 3.05) is 0 Å². The van der Waals surface area contributed by atoms with Crippen molar-refractivity contribution in [1.29, 1.82) is 0 Å². The van der Waals surface area contributed by atoms with Crippen molar-refractivity contribution in [2.45, 2.75) is 5.75 Å². The van der Waals surface area contributed by atoms with Crippen molar-refractivity contribution >= 4 is 50.7 Å². The Morgan fingerprint density at radius 1 is 0.905 bits per heavy atom. The lowest BCUT2D eigenvalue weighted by molar-refractivity contribution is 0.604. The van der Waals surface area contributed by atoms with Crippen LogP contribution in [0.15, 0.2) is 47.9 Å². The Bertz CT molecular complexity index is 766. The van der Waals surface area contributed by atoms with Gasteiger partial charge in [0.1, 0.15) is 0 Å². The van der Waals surface area contributed by atoms with Gasteiger partial charge >= 0.3 is 0 Å². The number of halogens is 3. The minimum atomic E-state index is -3.42. The molecule has 21 heavy (non-hydrogen) atoms. The first kappa shape index (κ1) is 16.4. The lowest BCUT2D eigenvalue weighted by Gasteiger charge is -2.03. The van der Waals surface area contributed by atoms with Gasteiger partial charge < -0.3 is 0 Å². The Hall–Kier alpha value is -1.000. The molecule has 0 aliphatic rings.